The number of nitro benzene ring substituents is 1. The van der Waals surface area contributed by atoms with Crippen LogP contribution in [0.5, 0.6) is 0 Å². The molecule has 0 aromatic heterocycles. The molecule has 0 aliphatic carbocycles. The summed E-state index contributed by atoms with van der Waals surface area (Å²) in [5.74, 6) is 0. The van der Waals surface area contributed by atoms with Gasteiger partial charge in [0.25, 0.3) is 5.69 Å². The zero-order valence-corrected chi connectivity index (χ0v) is 12.5. The summed E-state index contributed by atoms with van der Waals surface area (Å²) < 4.78 is 5.43. The van der Waals surface area contributed by atoms with Gasteiger partial charge in [0.1, 0.15) is 0 Å². The molecule has 0 unspecified atom stereocenters. The quantitative estimate of drug-likeness (QED) is 0.429. The van der Waals surface area contributed by atoms with E-state index in [-0.39, 0.29) is 5.69 Å². The number of hydrogen-bond acceptors (Lipinski definition) is 5. The van der Waals surface area contributed by atoms with Crippen LogP contribution in [0.4, 0.5) is 5.69 Å². The fourth-order valence-corrected chi connectivity index (χ4v) is 1.71. The van der Waals surface area contributed by atoms with E-state index in [9.17, 15) is 10.1 Å². The lowest BCUT2D eigenvalue weighted by Crippen LogP contribution is -2.23. The maximum Gasteiger partial charge on any atom is 0.269 e. The van der Waals surface area contributed by atoms with E-state index in [0.29, 0.717) is 36.9 Å². The van der Waals surface area contributed by atoms with Crippen molar-refractivity contribution in [1.82, 2.24) is 10.2 Å². The van der Waals surface area contributed by atoms with Gasteiger partial charge in [-0.1, -0.05) is 11.6 Å². The number of nitrogens with one attached hydrogen (secondary N) is 1. The van der Waals surface area contributed by atoms with E-state index in [0.717, 1.165) is 6.54 Å². The van der Waals surface area contributed by atoms with Crippen molar-refractivity contribution in [3.8, 4) is 0 Å². The van der Waals surface area contributed by atoms with E-state index in [1.807, 2.05) is 14.1 Å². The molecule has 0 atom stereocenters. The summed E-state index contributed by atoms with van der Waals surface area (Å²) in [5.41, 5.74) is 0.766. The Balaban J connectivity index is 2.28. The molecule has 1 aromatic rings. The van der Waals surface area contributed by atoms with Crippen LogP contribution in [0, 0.1) is 10.1 Å². The molecular formula is C13H20ClN3O3. The van der Waals surface area contributed by atoms with Gasteiger partial charge in [0.15, 0.2) is 0 Å². The first-order chi connectivity index (χ1) is 9.50. The van der Waals surface area contributed by atoms with Crippen molar-refractivity contribution in [2.75, 3.05) is 40.4 Å². The third-order valence-electron chi connectivity index (χ3n) is 2.66. The highest BCUT2D eigenvalue weighted by Gasteiger charge is 2.09. The van der Waals surface area contributed by atoms with E-state index in [2.05, 4.69) is 10.2 Å². The smallest absolute Gasteiger partial charge is 0.269 e. The maximum absolute atomic E-state index is 10.7. The largest absolute Gasteiger partial charge is 0.379 e. The third-order valence-corrected chi connectivity index (χ3v) is 3.03. The fraction of sp³-hybridized carbons (Fsp3) is 0.538. The highest BCUT2D eigenvalue weighted by molar-refractivity contribution is 6.31. The van der Waals surface area contributed by atoms with Crippen molar-refractivity contribution < 1.29 is 9.66 Å². The first-order valence-corrected chi connectivity index (χ1v) is 6.74. The molecule has 6 nitrogen and oxygen atoms in total. The lowest BCUT2D eigenvalue weighted by Gasteiger charge is -2.10. The molecule has 0 radical (unpaired) electrons. The van der Waals surface area contributed by atoms with Gasteiger partial charge in [-0.25, -0.2) is 0 Å². The zero-order valence-electron chi connectivity index (χ0n) is 11.8. The molecule has 0 aliphatic heterocycles. The zero-order chi connectivity index (χ0) is 15.0. The average molecular weight is 302 g/mol. The topological polar surface area (TPSA) is 67.6 Å². The minimum atomic E-state index is -0.426. The number of hydrogen-bond donors (Lipinski definition) is 1. The average Bonchev–Trinajstić information content (AvgIpc) is 2.38. The summed E-state index contributed by atoms with van der Waals surface area (Å²) >= 11 is 6.00. The van der Waals surface area contributed by atoms with Crippen molar-refractivity contribution in [3.63, 3.8) is 0 Å². The fourth-order valence-electron chi connectivity index (χ4n) is 1.53. The van der Waals surface area contributed by atoms with Gasteiger partial charge in [0.2, 0.25) is 0 Å². The van der Waals surface area contributed by atoms with Gasteiger partial charge < -0.3 is 15.0 Å². The molecule has 1 N–H and O–H groups in total. The van der Waals surface area contributed by atoms with Crippen LogP contribution in [0.1, 0.15) is 5.56 Å². The van der Waals surface area contributed by atoms with Gasteiger partial charge >= 0.3 is 0 Å². The highest BCUT2D eigenvalue weighted by Crippen LogP contribution is 2.21. The number of halogens is 1. The number of non-ortho nitro benzene ring substituents is 1. The molecule has 7 heteroatoms. The molecule has 0 amide bonds. The molecule has 0 heterocycles. The first-order valence-electron chi connectivity index (χ1n) is 6.36. The van der Waals surface area contributed by atoms with Crippen molar-refractivity contribution >= 4 is 17.3 Å². The standard InChI is InChI=1S/C13H20ClN3O3/c1-16(2)6-8-20-7-5-15-10-11-9-12(17(18)19)3-4-13(11)14/h3-4,9,15H,5-8,10H2,1-2H3. The second-order valence-electron chi connectivity index (χ2n) is 4.63. The number of nitro groups is 1. The molecule has 0 spiro atoms. The Hall–Kier alpha value is -1.21. The SMILES string of the molecule is CN(C)CCOCCNCc1cc([N+](=O)[O-])ccc1Cl. The van der Waals surface area contributed by atoms with Crippen LogP contribution < -0.4 is 5.32 Å². The lowest BCUT2D eigenvalue weighted by atomic mass is 10.2. The molecule has 20 heavy (non-hydrogen) atoms. The monoisotopic (exact) mass is 301 g/mol. The van der Waals surface area contributed by atoms with Crippen LogP contribution in [0.3, 0.4) is 0 Å². The van der Waals surface area contributed by atoms with Crippen LogP contribution in [0.25, 0.3) is 0 Å². The Kier molecular flexibility index (Phi) is 7.46. The minimum Gasteiger partial charge on any atom is -0.379 e. The van der Waals surface area contributed by atoms with Gasteiger partial charge in [0, 0.05) is 36.8 Å². The van der Waals surface area contributed by atoms with Crippen LogP contribution in [0.15, 0.2) is 18.2 Å². The molecule has 0 aliphatic rings. The normalized spacial score (nSPS) is 11.0. The van der Waals surface area contributed by atoms with E-state index in [4.69, 9.17) is 16.3 Å². The van der Waals surface area contributed by atoms with Gasteiger partial charge in [0.05, 0.1) is 18.1 Å². The number of rotatable bonds is 9. The maximum atomic E-state index is 10.7. The van der Waals surface area contributed by atoms with Crippen molar-refractivity contribution in [3.05, 3.63) is 38.9 Å². The summed E-state index contributed by atoms with van der Waals surface area (Å²) in [7, 11) is 3.98. The second-order valence-corrected chi connectivity index (χ2v) is 5.03. The van der Waals surface area contributed by atoms with Gasteiger partial charge in [-0.3, -0.25) is 10.1 Å². The predicted octanol–water partition coefficient (Wildman–Crippen LogP) is 1.92. The van der Waals surface area contributed by atoms with Crippen LogP contribution in [-0.4, -0.2) is 50.2 Å². The Bertz CT molecular complexity index is 441. The van der Waals surface area contributed by atoms with Crippen LogP contribution >= 0.6 is 11.6 Å². The summed E-state index contributed by atoms with van der Waals surface area (Å²) in [6.45, 7) is 3.33. The van der Waals surface area contributed by atoms with Crippen molar-refractivity contribution in [2.45, 2.75) is 6.54 Å². The van der Waals surface area contributed by atoms with E-state index >= 15 is 0 Å². The first kappa shape index (κ1) is 16.8. The summed E-state index contributed by atoms with van der Waals surface area (Å²) in [4.78, 5) is 12.3. The van der Waals surface area contributed by atoms with Gasteiger partial charge in [-0.15, -0.1) is 0 Å². The predicted molar refractivity (Wildman–Crippen MR) is 79.2 cm³/mol. The molecule has 0 saturated carbocycles. The number of ether oxygens (including phenoxy) is 1. The Morgan fingerprint density at radius 3 is 2.80 bits per heavy atom. The van der Waals surface area contributed by atoms with E-state index in [1.165, 1.54) is 12.1 Å². The molecule has 1 rings (SSSR count). The third kappa shape index (κ3) is 6.29. The summed E-state index contributed by atoms with van der Waals surface area (Å²) in [6, 6.07) is 4.43. The molecule has 0 saturated heterocycles. The molecule has 112 valence electrons. The highest BCUT2D eigenvalue weighted by atomic mass is 35.5. The summed E-state index contributed by atoms with van der Waals surface area (Å²) in [6.07, 6.45) is 0. The Morgan fingerprint density at radius 1 is 1.40 bits per heavy atom. The number of nitrogens with zero attached hydrogens (tertiary/aromatic N) is 2. The lowest BCUT2D eigenvalue weighted by molar-refractivity contribution is -0.384. The van der Waals surface area contributed by atoms with Crippen LogP contribution in [0.2, 0.25) is 5.02 Å². The molecule has 1 aromatic carbocycles. The van der Waals surface area contributed by atoms with Crippen molar-refractivity contribution in [1.29, 1.82) is 0 Å². The van der Waals surface area contributed by atoms with E-state index in [1.54, 1.807) is 6.07 Å². The number of likely N-dealkylation sites (N-methyl/N-ethyl adjacent to an activating group) is 1. The van der Waals surface area contributed by atoms with Gasteiger partial charge in [-0.2, -0.15) is 0 Å². The molecule has 0 fully saturated rings. The summed E-state index contributed by atoms with van der Waals surface area (Å²) in [5, 5.41) is 14.4. The van der Waals surface area contributed by atoms with Crippen LogP contribution in [-0.2, 0) is 11.3 Å². The van der Waals surface area contributed by atoms with Crippen molar-refractivity contribution in [2.24, 2.45) is 0 Å². The Labute approximate surface area is 123 Å². The minimum absolute atomic E-state index is 0.0495. The number of benzene rings is 1. The van der Waals surface area contributed by atoms with Gasteiger partial charge in [-0.05, 0) is 25.7 Å². The molecular weight excluding hydrogens is 282 g/mol. The van der Waals surface area contributed by atoms with E-state index < -0.39 is 4.92 Å². The Morgan fingerprint density at radius 2 is 2.15 bits per heavy atom. The second kappa shape index (κ2) is 8.86. The molecule has 0 bridgehead atoms.